The number of benzene rings is 9. The first-order valence-electron chi connectivity index (χ1n) is 17.6. The summed E-state index contributed by atoms with van der Waals surface area (Å²) in [6.07, 6.45) is 0. The lowest BCUT2D eigenvalue weighted by Crippen LogP contribution is -1.96. The highest BCUT2D eigenvalue weighted by Gasteiger charge is 2.20. The maximum Gasteiger partial charge on any atom is 0.0541 e. The topological polar surface area (TPSA) is 4.93 Å². The van der Waals surface area contributed by atoms with E-state index in [2.05, 4.69) is 205 Å². The molecule has 1 aromatic heterocycles. The van der Waals surface area contributed by atoms with Gasteiger partial charge >= 0.3 is 0 Å². The van der Waals surface area contributed by atoms with Crippen molar-refractivity contribution in [3.8, 4) is 50.2 Å². The second kappa shape index (κ2) is 12.0. The second-order valence-electron chi connectivity index (χ2n) is 13.3. The van der Waals surface area contributed by atoms with E-state index in [9.17, 15) is 0 Å². The van der Waals surface area contributed by atoms with E-state index in [0.29, 0.717) is 0 Å². The molecule has 0 spiro atoms. The van der Waals surface area contributed by atoms with E-state index >= 15 is 0 Å². The van der Waals surface area contributed by atoms with Gasteiger partial charge in [-0.3, -0.25) is 0 Å². The third kappa shape index (κ3) is 4.86. The molecule has 0 aliphatic rings. The third-order valence-corrected chi connectivity index (χ3v) is 10.4. The minimum absolute atomic E-state index is 1.15. The first-order chi connectivity index (χ1) is 25.3. The maximum atomic E-state index is 2.43. The molecule has 0 aliphatic heterocycles. The molecule has 0 bridgehead atoms. The highest BCUT2D eigenvalue weighted by Crippen LogP contribution is 2.46. The predicted molar refractivity (Wildman–Crippen MR) is 218 cm³/mol. The van der Waals surface area contributed by atoms with E-state index in [1.54, 1.807) is 0 Å². The highest BCUT2D eigenvalue weighted by molar-refractivity contribution is 6.22. The zero-order valence-electron chi connectivity index (χ0n) is 28.0. The molecule has 10 aromatic rings. The Kier molecular flexibility index (Phi) is 6.89. The average Bonchev–Trinajstić information content (AvgIpc) is 3.55. The number of hydrogen-bond donors (Lipinski definition) is 0. The van der Waals surface area contributed by atoms with Crippen molar-refractivity contribution >= 4 is 43.4 Å². The Bertz CT molecular complexity index is 2840. The van der Waals surface area contributed by atoms with Gasteiger partial charge in [-0.25, -0.2) is 0 Å². The van der Waals surface area contributed by atoms with Gasteiger partial charge in [0.15, 0.2) is 0 Å². The van der Waals surface area contributed by atoms with Crippen LogP contribution in [0.3, 0.4) is 0 Å². The Morgan fingerprint density at radius 3 is 1.16 bits per heavy atom. The van der Waals surface area contributed by atoms with Crippen LogP contribution in [0.5, 0.6) is 0 Å². The molecule has 0 radical (unpaired) electrons. The third-order valence-electron chi connectivity index (χ3n) is 10.4. The Morgan fingerprint density at radius 2 is 0.627 bits per heavy atom. The molecule has 0 fully saturated rings. The van der Waals surface area contributed by atoms with Crippen molar-refractivity contribution in [3.05, 3.63) is 200 Å². The van der Waals surface area contributed by atoms with Crippen LogP contribution in [0.1, 0.15) is 0 Å². The number of hydrogen-bond acceptors (Lipinski definition) is 0. The molecule has 0 amide bonds. The minimum atomic E-state index is 1.15. The average molecular weight is 648 g/mol. The van der Waals surface area contributed by atoms with Crippen LogP contribution in [-0.4, -0.2) is 4.57 Å². The van der Waals surface area contributed by atoms with Crippen molar-refractivity contribution in [2.45, 2.75) is 0 Å². The van der Waals surface area contributed by atoms with Gasteiger partial charge < -0.3 is 4.57 Å². The smallest absolute Gasteiger partial charge is 0.0541 e. The maximum absolute atomic E-state index is 2.43. The van der Waals surface area contributed by atoms with Gasteiger partial charge in [-0.15, -0.1) is 0 Å². The monoisotopic (exact) mass is 647 g/mol. The van der Waals surface area contributed by atoms with Gasteiger partial charge in [-0.2, -0.15) is 0 Å². The van der Waals surface area contributed by atoms with Crippen LogP contribution in [0, 0.1) is 0 Å². The molecule has 1 nitrogen and oxygen atoms in total. The highest BCUT2D eigenvalue weighted by atomic mass is 15.0. The summed E-state index contributed by atoms with van der Waals surface area (Å²) in [6, 6.07) is 73.0. The van der Waals surface area contributed by atoms with Crippen LogP contribution < -0.4 is 0 Å². The first-order valence-corrected chi connectivity index (χ1v) is 17.6. The van der Waals surface area contributed by atoms with E-state index in [1.807, 2.05) is 0 Å². The van der Waals surface area contributed by atoms with E-state index in [-0.39, 0.29) is 0 Å². The number of fused-ring (bicyclic) bond motifs is 5. The zero-order valence-corrected chi connectivity index (χ0v) is 28.0. The van der Waals surface area contributed by atoms with Crippen molar-refractivity contribution in [1.82, 2.24) is 4.57 Å². The van der Waals surface area contributed by atoms with Crippen LogP contribution in [0.15, 0.2) is 200 Å². The van der Waals surface area contributed by atoms with E-state index in [1.165, 1.54) is 87.9 Å². The quantitative estimate of drug-likeness (QED) is 0.164. The van der Waals surface area contributed by atoms with Crippen LogP contribution in [0.4, 0.5) is 0 Å². The summed E-state index contributed by atoms with van der Waals surface area (Å²) in [5.41, 5.74) is 13.4. The van der Waals surface area contributed by atoms with Crippen molar-refractivity contribution < 1.29 is 0 Å². The number of rotatable bonds is 5. The van der Waals surface area contributed by atoms with Gasteiger partial charge in [-0.1, -0.05) is 164 Å². The van der Waals surface area contributed by atoms with Crippen LogP contribution in [-0.2, 0) is 0 Å². The largest absolute Gasteiger partial charge is 0.309 e. The van der Waals surface area contributed by atoms with Crippen molar-refractivity contribution in [2.75, 3.05) is 0 Å². The summed E-state index contributed by atoms with van der Waals surface area (Å²) in [7, 11) is 0. The molecule has 0 aliphatic carbocycles. The Balaban J connectivity index is 1.31. The summed E-state index contributed by atoms with van der Waals surface area (Å²) < 4.78 is 2.43. The van der Waals surface area contributed by atoms with Crippen LogP contribution in [0.2, 0.25) is 0 Å². The molecule has 0 atom stereocenters. The molecule has 1 heterocycles. The fraction of sp³-hybridized carbons (Fsp3) is 0. The fourth-order valence-electron chi connectivity index (χ4n) is 8.10. The van der Waals surface area contributed by atoms with Crippen molar-refractivity contribution in [1.29, 1.82) is 0 Å². The van der Waals surface area contributed by atoms with Crippen LogP contribution >= 0.6 is 0 Å². The molecule has 51 heavy (non-hydrogen) atoms. The summed E-state index contributed by atoms with van der Waals surface area (Å²) in [5, 5.41) is 7.50. The van der Waals surface area contributed by atoms with Crippen molar-refractivity contribution in [2.24, 2.45) is 0 Å². The predicted octanol–water partition coefficient (Wildman–Crippen LogP) is 13.8. The fourth-order valence-corrected chi connectivity index (χ4v) is 8.10. The lowest BCUT2D eigenvalue weighted by molar-refractivity contribution is 1.19. The van der Waals surface area contributed by atoms with Gasteiger partial charge in [0.2, 0.25) is 0 Å². The lowest BCUT2D eigenvalue weighted by Gasteiger charge is -2.20. The first kappa shape index (κ1) is 29.2. The number of para-hydroxylation sites is 2. The number of nitrogens with zero attached hydrogens (tertiary/aromatic N) is 1. The van der Waals surface area contributed by atoms with Gasteiger partial charge in [0.25, 0.3) is 0 Å². The number of aromatic nitrogens is 1. The van der Waals surface area contributed by atoms with Crippen molar-refractivity contribution in [3.63, 3.8) is 0 Å². The standard InChI is InChI=1S/C50H33N/c1-3-15-34(16-4-1)36-19-13-21-38(31-36)49-43-25-7-8-26-44(43)50(39-22-14-20-37(32-39)35-17-5-2-6-18-35)46-33-40(29-30-45(46)49)51-47-27-11-9-23-41(47)42-24-10-12-28-48(42)51/h1-33H. The molecular weight excluding hydrogens is 615 g/mol. The van der Waals surface area contributed by atoms with Gasteiger partial charge in [0, 0.05) is 16.5 Å². The molecule has 238 valence electrons. The minimum Gasteiger partial charge on any atom is -0.309 e. The normalized spacial score (nSPS) is 11.5. The molecule has 0 unspecified atom stereocenters. The van der Waals surface area contributed by atoms with E-state index < -0.39 is 0 Å². The zero-order chi connectivity index (χ0) is 33.7. The summed E-state index contributed by atoms with van der Waals surface area (Å²) in [6.45, 7) is 0. The van der Waals surface area contributed by atoms with Crippen LogP contribution in [0.25, 0.3) is 93.5 Å². The Hall–Kier alpha value is -6.70. The summed E-state index contributed by atoms with van der Waals surface area (Å²) in [4.78, 5) is 0. The molecule has 9 aromatic carbocycles. The Morgan fingerprint density at radius 1 is 0.235 bits per heavy atom. The van der Waals surface area contributed by atoms with E-state index in [4.69, 9.17) is 0 Å². The molecule has 0 N–H and O–H groups in total. The summed E-state index contributed by atoms with van der Waals surface area (Å²) >= 11 is 0. The van der Waals surface area contributed by atoms with Gasteiger partial charge in [0.05, 0.1) is 11.0 Å². The Labute approximate surface area is 297 Å². The SMILES string of the molecule is c1ccc(-c2cccc(-c3c4ccccc4c(-c4cccc(-c5ccccc5)c4)c4cc(-n5c6ccccc6c6ccccc65)ccc34)c2)cc1. The van der Waals surface area contributed by atoms with Gasteiger partial charge in [0.1, 0.15) is 0 Å². The molecular formula is C50H33N. The van der Waals surface area contributed by atoms with E-state index in [0.717, 1.165) is 5.69 Å². The second-order valence-corrected chi connectivity index (χ2v) is 13.3. The lowest BCUT2D eigenvalue weighted by atomic mass is 9.84. The van der Waals surface area contributed by atoms with Gasteiger partial charge in [-0.05, 0) is 102 Å². The summed E-state index contributed by atoms with van der Waals surface area (Å²) in [5.74, 6) is 0. The molecule has 0 saturated carbocycles. The molecule has 0 saturated heterocycles. The molecule has 1 heteroatoms. The molecule has 10 rings (SSSR count).